The maximum Gasteiger partial charge on any atom is 0.124 e. The molecule has 1 rings (SSSR count). The first-order valence-corrected chi connectivity index (χ1v) is 5.60. The maximum absolute atomic E-state index is 5.91. The molecule has 0 amide bonds. The minimum Gasteiger partial charge on any atom is -0.492 e. The van der Waals surface area contributed by atoms with Crippen molar-refractivity contribution < 1.29 is 4.74 Å². The normalized spacial score (nSPS) is 11.5. The Balaban J connectivity index is 2.73. The highest BCUT2D eigenvalue weighted by Crippen LogP contribution is 2.27. The van der Waals surface area contributed by atoms with Crippen molar-refractivity contribution in [3.05, 3.63) is 28.8 Å². The van der Waals surface area contributed by atoms with Crippen LogP contribution in [-0.2, 0) is 0 Å². The molecule has 0 bridgehead atoms. The molecule has 0 radical (unpaired) electrons. The van der Waals surface area contributed by atoms with E-state index in [-0.39, 0.29) is 6.04 Å². The van der Waals surface area contributed by atoms with Crippen LogP contribution in [0.25, 0.3) is 0 Å². The monoisotopic (exact) mass is 237 g/mol. The zero-order valence-corrected chi connectivity index (χ0v) is 10.3. The van der Waals surface area contributed by atoms with Gasteiger partial charge in [0.2, 0.25) is 0 Å². The van der Waals surface area contributed by atoms with Gasteiger partial charge < -0.3 is 10.5 Å². The number of hydrogen-bond acceptors (Lipinski definition) is 2. The van der Waals surface area contributed by atoms with Gasteiger partial charge in [-0.1, -0.05) is 11.6 Å². The predicted molar refractivity (Wildman–Crippen MR) is 67.6 cm³/mol. The highest BCUT2D eigenvalue weighted by molar-refractivity contribution is 6.30. The Labute approximate surface area is 102 Å². The number of rotatable bonds is 4. The van der Waals surface area contributed by atoms with Gasteiger partial charge in [-0.05, 0) is 32.0 Å². The smallest absolute Gasteiger partial charge is 0.124 e. The Morgan fingerprint density at radius 2 is 2.25 bits per heavy atom. The van der Waals surface area contributed by atoms with E-state index in [1.165, 1.54) is 0 Å². The predicted octanol–water partition coefficient (Wildman–Crippen LogP) is 3.15. The van der Waals surface area contributed by atoms with Crippen LogP contribution in [0.15, 0.2) is 18.2 Å². The fourth-order valence-electron chi connectivity index (χ4n) is 1.34. The van der Waals surface area contributed by atoms with Crippen LogP contribution < -0.4 is 10.5 Å². The van der Waals surface area contributed by atoms with Crippen LogP contribution >= 0.6 is 11.6 Å². The number of hydrogen-bond donors (Lipinski definition) is 1. The molecule has 0 aliphatic heterocycles. The van der Waals surface area contributed by atoms with Gasteiger partial charge in [0.15, 0.2) is 0 Å². The second-order valence-corrected chi connectivity index (χ2v) is 3.93. The van der Waals surface area contributed by atoms with Crippen molar-refractivity contribution in [3.63, 3.8) is 0 Å². The molecule has 2 nitrogen and oxygen atoms in total. The van der Waals surface area contributed by atoms with Crippen molar-refractivity contribution >= 4 is 11.6 Å². The van der Waals surface area contributed by atoms with E-state index in [1.54, 1.807) is 6.07 Å². The summed E-state index contributed by atoms with van der Waals surface area (Å²) in [5, 5.41) is 0.674. The van der Waals surface area contributed by atoms with Gasteiger partial charge in [0.1, 0.15) is 5.75 Å². The van der Waals surface area contributed by atoms with E-state index in [0.717, 1.165) is 17.7 Å². The minimum atomic E-state index is -0.0917. The molecule has 0 saturated heterocycles. The summed E-state index contributed by atoms with van der Waals surface area (Å²) in [4.78, 5) is 0. The van der Waals surface area contributed by atoms with E-state index in [1.807, 2.05) is 26.0 Å². The van der Waals surface area contributed by atoms with E-state index in [0.29, 0.717) is 11.6 Å². The van der Waals surface area contributed by atoms with Gasteiger partial charge in [0.25, 0.3) is 0 Å². The Morgan fingerprint density at radius 3 is 2.88 bits per heavy atom. The molecule has 0 spiro atoms. The van der Waals surface area contributed by atoms with E-state index >= 15 is 0 Å². The van der Waals surface area contributed by atoms with Gasteiger partial charge in [0.05, 0.1) is 6.61 Å². The molecular formula is C13H16ClNO. The van der Waals surface area contributed by atoms with Crippen molar-refractivity contribution in [1.82, 2.24) is 0 Å². The van der Waals surface area contributed by atoms with E-state index in [9.17, 15) is 0 Å². The van der Waals surface area contributed by atoms with Crippen molar-refractivity contribution in [2.24, 2.45) is 5.73 Å². The van der Waals surface area contributed by atoms with Crippen molar-refractivity contribution in [2.75, 3.05) is 6.61 Å². The molecule has 0 aliphatic carbocycles. The zero-order chi connectivity index (χ0) is 12.0. The van der Waals surface area contributed by atoms with Gasteiger partial charge in [-0.15, -0.1) is 11.8 Å². The Kier molecular flexibility index (Phi) is 5.18. The molecule has 86 valence electrons. The van der Waals surface area contributed by atoms with Crippen LogP contribution in [0, 0.1) is 11.8 Å². The number of benzene rings is 1. The first kappa shape index (κ1) is 12.9. The van der Waals surface area contributed by atoms with Gasteiger partial charge in [-0.2, -0.15) is 0 Å². The van der Waals surface area contributed by atoms with Gasteiger partial charge in [-0.25, -0.2) is 0 Å². The van der Waals surface area contributed by atoms with Crippen LogP contribution in [-0.4, -0.2) is 6.61 Å². The fourth-order valence-corrected chi connectivity index (χ4v) is 1.52. The molecule has 2 N–H and O–H groups in total. The summed E-state index contributed by atoms with van der Waals surface area (Å²) >= 11 is 5.91. The summed E-state index contributed by atoms with van der Waals surface area (Å²) in [5.74, 6) is 6.56. The summed E-state index contributed by atoms with van der Waals surface area (Å²) in [6, 6.07) is 5.40. The summed E-state index contributed by atoms with van der Waals surface area (Å²) in [7, 11) is 0. The average molecular weight is 238 g/mol. The summed E-state index contributed by atoms with van der Waals surface area (Å²) in [5.41, 5.74) is 6.77. The zero-order valence-electron chi connectivity index (χ0n) is 9.59. The van der Waals surface area contributed by atoms with E-state index in [2.05, 4.69) is 11.8 Å². The Bertz CT molecular complexity index is 404. The third-order valence-corrected chi connectivity index (χ3v) is 2.36. The molecule has 1 atom stereocenters. The van der Waals surface area contributed by atoms with Crippen LogP contribution in [0.3, 0.4) is 0 Å². The number of ether oxygens (including phenoxy) is 1. The largest absolute Gasteiger partial charge is 0.492 e. The molecule has 0 unspecified atom stereocenters. The summed E-state index contributed by atoms with van der Waals surface area (Å²) < 4.78 is 5.61. The third kappa shape index (κ3) is 3.77. The highest BCUT2D eigenvalue weighted by Gasteiger charge is 2.08. The molecule has 0 fully saturated rings. The molecule has 0 aromatic heterocycles. The van der Waals surface area contributed by atoms with Crippen molar-refractivity contribution in [3.8, 4) is 17.6 Å². The molecule has 1 aromatic rings. The van der Waals surface area contributed by atoms with E-state index < -0.39 is 0 Å². The molecule has 1 aromatic carbocycles. The molecule has 3 heteroatoms. The van der Waals surface area contributed by atoms with Crippen LogP contribution in [0.1, 0.15) is 31.9 Å². The van der Waals surface area contributed by atoms with Crippen molar-refractivity contribution in [1.29, 1.82) is 0 Å². The highest BCUT2D eigenvalue weighted by atomic mass is 35.5. The van der Waals surface area contributed by atoms with Crippen LogP contribution in [0.2, 0.25) is 5.02 Å². The molecule has 0 heterocycles. The average Bonchev–Trinajstić information content (AvgIpc) is 2.26. The summed E-state index contributed by atoms with van der Waals surface area (Å²) in [6.07, 6.45) is 0.720. The SMILES string of the molecule is CC#CCCOc1ccc(Cl)cc1[C@H](C)N. The van der Waals surface area contributed by atoms with Crippen LogP contribution in [0.4, 0.5) is 0 Å². The summed E-state index contributed by atoms with van der Waals surface area (Å²) in [6.45, 7) is 4.29. The first-order chi connectivity index (χ1) is 7.65. The Hall–Kier alpha value is -1.17. The van der Waals surface area contributed by atoms with Gasteiger partial charge >= 0.3 is 0 Å². The number of halogens is 1. The molecule has 16 heavy (non-hydrogen) atoms. The first-order valence-electron chi connectivity index (χ1n) is 5.22. The minimum absolute atomic E-state index is 0.0917. The molecular weight excluding hydrogens is 222 g/mol. The van der Waals surface area contributed by atoms with E-state index in [4.69, 9.17) is 22.1 Å². The topological polar surface area (TPSA) is 35.2 Å². The molecule has 0 saturated carbocycles. The van der Waals surface area contributed by atoms with Crippen molar-refractivity contribution in [2.45, 2.75) is 26.3 Å². The standard InChI is InChI=1S/C13H16ClNO/c1-3-4-5-8-16-13-7-6-11(14)9-12(13)10(2)15/h6-7,9-10H,5,8,15H2,1-2H3/t10-/m0/s1. The second kappa shape index (κ2) is 6.42. The lowest BCUT2D eigenvalue weighted by molar-refractivity contribution is 0.322. The lowest BCUT2D eigenvalue weighted by Crippen LogP contribution is -2.08. The quantitative estimate of drug-likeness (QED) is 0.645. The lowest BCUT2D eigenvalue weighted by Gasteiger charge is -2.13. The number of nitrogens with two attached hydrogens (primary N) is 1. The Morgan fingerprint density at radius 1 is 1.50 bits per heavy atom. The van der Waals surface area contributed by atoms with Crippen LogP contribution in [0.5, 0.6) is 5.75 Å². The molecule has 0 aliphatic rings. The lowest BCUT2D eigenvalue weighted by atomic mass is 10.1. The third-order valence-electron chi connectivity index (χ3n) is 2.12. The van der Waals surface area contributed by atoms with Gasteiger partial charge in [-0.3, -0.25) is 0 Å². The second-order valence-electron chi connectivity index (χ2n) is 3.50. The van der Waals surface area contributed by atoms with Gasteiger partial charge in [0, 0.05) is 23.0 Å². The maximum atomic E-state index is 5.91. The fraction of sp³-hybridized carbons (Fsp3) is 0.385.